The lowest BCUT2D eigenvalue weighted by atomic mass is 10.2. The van der Waals surface area contributed by atoms with Gasteiger partial charge in [0.05, 0.1) is 0 Å². The predicted molar refractivity (Wildman–Crippen MR) is 34.3 cm³/mol. The Balaban J connectivity index is 4.04. The Morgan fingerprint density at radius 2 is 1.75 bits per heavy atom. The highest BCUT2D eigenvalue weighted by Gasteiger charge is 1.90. The lowest BCUT2D eigenvalue weighted by molar-refractivity contribution is 0.649. The highest BCUT2D eigenvalue weighted by atomic mass is 19.1. The zero-order chi connectivity index (χ0) is 6.57. The van der Waals surface area contributed by atoms with Crippen LogP contribution in [-0.4, -0.2) is 0 Å². The van der Waals surface area contributed by atoms with E-state index in [4.69, 9.17) is 0 Å². The molecule has 0 nitrogen and oxygen atoms in total. The first-order chi connectivity index (χ1) is 3.72. The Labute approximate surface area is 49.7 Å². The molecule has 0 atom stereocenters. The lowest BCUT2D eigenvalue weighted by Gasteiger charge is -1.90. The van der Waals surface area contributed by atoms with Crippen LogP contribution >= 0.6 is 0 Å². The van der Waals surface area contributed by atoms with E-state index in [1.54, 1.807) is 19.9 Å². The second kappa shape index (κ2) is 3.42. The van der Waals surface area contributed by atoms with Crippen LogP contribution in [-0.2, 0) is 0 Å². The first-order valence-corrected chi connectivity index (χ1v) is 2.67. The first-order valence-electron chi connectivity index (χ1n) is 2.67. The zero-order valence-corrected chi connectivity index (χ0v) is 5.53. The summed E-state index contributed by atoms with van der Waals surface area (Å²) in [6, 6.07) is 0. The van der Waals surface area contributed by atoms with Gasteiger partial charge in [-0.05, 0) is 26.3 Å². The molecule has 0 aromatic carbocycles. The minimum absolute atomic E-state index is 0.132. The maximum absolute atomic E-state index is 12.3. The smallest absolute Gasteiger partial charge is 0.121 e. The van der Waals surface area contributed by atoms with E-state index in [-0.39, 0.29) is 5.83 Å². The van der Waals surface area contributed by atoms with Gasteiger partial charge in [0.2, 0.25) is 0 Å². The van der Waals surface area contributed by atoms with Gasteiger partial charge in [0.1, 0.15) is 5.83 Å². The molecule has 0 saturated heterocycles. The van der Waals surface area contributed by atoms with E-state index in [1.807, 2.05) is 6.92 Å². The fraction of sp³-hybridized carbons (Fsp3) is 0.429. The molecule has 0 aliphatic carbocycles. The molecule has 0 aromatic heterocycles. The highest BCUT2D eigenvalue weighted by Crippen LogP contribution is 2.08. The fourth-order valence-electron chi connectivity index (χ4n) is 0.366. The molecule has 0 aliphatic heterocycles. The molecule has 0 fully saturated rings. The molecule has 1 heteroatoms. The van der Waals surface area contributed by atoms with Crippen molar-refractivity contribution >= 4 is 0 Å². The summed E-state index contributed by atoms with van der Waals surface area (Å²) in [5, 5.41) is 0. The summed E-state index contributed by atoms with van der Waals surface area (Å²) in [7, 11) is 0. The van der Waals surface area contributed by atoms with Crippen molar-refractivity contribution < 1.29 is 4.39 Å². The second-order valence-electron chi connectivity index (χ2n) is 1.61. The quantitative estimate of drug-likeness (QED) is 0.460. The largest absolute Gasteiger partial charge is 0.207 e. The number of hydrogen-bond donors (Lipinski definition) is 0. The van der Waals surface area contributed by atoms with E-state index in [1.165, 1.54) is 6.08 Å². The number of allylic oxidation sites excluding steroid dienone is 4. The number of hydrogen-bond acceptors (Lipinski definition) is 0. The van der Waals surface area contributed by atoms with Crippen LogP contribution in [0.4, 0.5) is 4.39 Å². The van der Waals surface area contributed by atoms with Crippen molar-refractivity contribution in [2.24, 2.45) is 0 Å². The van der Waals surface area contributed by atoms with E-state index >= 15 is 0 Å². The van der Waals surface area contributed by atoms with Gasteiger partial charge in [0.25, 0.3) is 0 Å². The summed E-state index contributed by atoms with van der Waals surface area (Å²) in [5.74, 6) is -0.132. The molecule has 0 aromatic rings. The maximum Gasteiger partial charge on any atom is 0.121 e. The summed E-state index contributed by atoms with van der Waals surface area (Å²) in [6.45, 7) is 5.25. The van der Waals surface area contributed by atoms with Gasteiger partial charge in [-0.25, -0.2) is 4.39 Å². The average molecular weight is 114 g/mol. The number of halogens is 1. The normalized spacial score (nSPS) is 14.5. The monoisotopic (exact) mass is 114 g/mol. The molecular weight excluding hydrogens is 103 g/mol. The van der Waals surface area contributed by atoms with Crippen LogP contribution in [0.3, 0.4) is 0 Å². The molecule has 0 aliphatic rings. The Bertz CT molecular complexity index is 104. The highest BCUT2D eigenvalue weighted by molar-refractivity contribution is 5.20. The molecule has 0 saturated carbocycles. The molecule has 46 valence electrons. The SMILES string of the molecule is C/C=C(F)/C(C)=C/C. The molecule has 0 spiro atoms. The van der Waals surface area contributed by atoms with Crippen molar-refractivity contribution in [3.8, 4) is 0 Å². The molecule has 0 bridgehead atoms. The topological polar surface area (TPSA) is 0 Å². The maximum atomic E-state index is 12.3. The van der Waals surface area contributed by atoms with Crippen LogP contribution in [0.1, 0.15) is 20.8 Å². The Kier molecular flexibility index (Phi) is 3.16. The van der Waals surface area contributed by atoms with E-state index in [2.05, 4.69) is 0 Å². The molecule has 0 radical (unpaired) electrons. The second-order valence-corrected chi connectivity index (χ2v) is 1.61. The predicted octanol–water partition coefficient (Wildman–Crippen LogP) is 2.83. The van der Waals surface area contributed by atoms with Crippen molar-refractivity contribution in [1.82, 2.24) is 0 Å². The molecule has 0 rings (SSSR count). The minimum Gasteiger partial charge on any atom is -0.207 e. The van der Waals surface area contributed by atoms with Crippen LogP contribution in [0.15, 0.2) is 23.6 Å². The van der Waals surface area contributed by atoms with Crippen LogP contribution in [0.5, 0.6) is 0 Å². The van der Waals surface area contributed by atoms with Gasteiger partial charge in [0.15, 0.2) is 0 Å². The van der Waals surface area contributed by atoms with Gasteiger partial charge in [-0.1, -0.05) is 12.2 Å². The summed E-state index contributed by atoms with van der Waals surface area (Å²) in [6.07, 6.45) is 3.20. The summed E-state index contributed by atoms with van der Waals surface area (Å²) < 4.78 is 12.3. The van der Waals surface area contributed by atoms with E-state index in [0.29, 0.717) is 5.57 Å². The fourth-order valence-corrected chi connectivity index (χ4v) is 0.366. The van der Waals surface area contributed by atoms with Gasteiger partial charge in [-0.3, -0.25) is 0 Å². The van der Waals surface area contributed by atoms with Crippen LogP contribution in [0, 0.1) is 0 Å². The van der Waals surface area contributed by atoms with Gasteiger partial charge in [-0.15, -0.1) is 0 Å². The third kappa shape index (κ3) is 1.92. The average Bonchev–Trinajstić information content (AvgIpc) is 1.84. The van der Waals surface area contributed by atoms with Gasteiger partial charge in [-0.2, -0.15) is 0 Å². The molecule has 0 heterocycles. The molecule has 8 heavy (non-hydrogen) atoms. The Hall–Kier alpha value is -0.590. The molecule has 0 unspecified atom stereocenters. The van der Waals surface area contributed by atoms with Crippen molar-refractivity contribution in [3.05, 3.63) is 23.6 Å². The van der Waals surface area contributed by atoms with Crippen LogP contribution < -0.4 is 0 Å². The van der Waals surface area contributed by atoms with Crippen LogP contribution in [0.2, 0.25) is 0 Å². The van der Waals surface area contributed by atoms with Crippen molar-refractivity contribution in [2.75, 3.05) is 0 Å². The molecule has 0 amide bonds. The Morgan fingerprint density at radius 1 is 1.25 bits per heavy atom. The van der Waals surface area contributed by atoms with E-state index < -0.39 is 0 Å². The summed E-state index contributed by atoms with van der Waals surface area (Å²) in [4.78, 5) is 0. The summed E-state index contributed by atoms with van der Waals surface area (Å²) in [5.41, 5.74) is 0.701. The summed E-state index contributed by atoms with van der Waals surface area (Å²) >= 11 is 0. The standard InChI is InChI=1S/C7H11F/c1-4-6(3)7(8)5-2/h4-5H,1-3H3/b6-4+,7-5-. The van der Waals surface area contributed by atoms with Gasteiger partial charge < -0.3 is 0 Å². The van der Waals surface area contributed by atoms with E-state index in [0.717, 1.165) is 0 Å². The van der Waals surface area contributed by atoms with Crippen molar-refractivity contribution in [3.63, 3.8) is 0 Å². The van der Waals surface area contributed by atoms with Crippen molar-refractivity contribution in [1.29, 1.82) is 0 Å². The molecular formula is C7H11F. The molecule has 0 N–H and O–H groups in total. The van der Waals surface area contributed by atoms with E-state index in [9.17, 15) is 4.39 Å². The lowest BCUT2D eigenvalue weighted by Crippen LogP contribution is -1.72. The third-order valence-electron chi connectivity index (χ3n) is 1.06. The minimum atomic E-state index is -0.132. The first kappa shape index (κ1) is 7.41. The zero-order valence-electron chi connectivity index (χ0n) is 5.53. The third-order valence-corrected chi connectivity index (χ3v) is 1.06. The van der Waals surface area contributed by atoms with Crippen molar-refractivity contribution in [2.45, 2.75) is 20.8 Å². The van der Waals surface area contributed by atoms with Gasteiger partial charge >= 0.3 is 0 Å². The van der Waals surface area contributed by atoms with Gasteiger partial charge in [0, 0.05) is 0 Å². The number of rotatable bonds is 1. The van der Waals surface area contributed by atoms with Crippen LogP contribution in [0.25, 0.3) is 0 Å². The Morgan fingerprint density at radius 3 is 1.88 bits per heavy atom.